The number of nitrogens with zero attached hydrogens (tertiary/aromatic N) is 1. The Hall–Kier alpha value is -4.17. The number of rotatable bonds is 7. The zero-order chi connectivity index (χ0) is 22.3. The molecule has 0 saturated carbocycles. The van der Waals surface area contributed by atoms with Crippen LogP contribution in [-0.2, 0) is 0 Å². The van der Waals surface area contributed by atoms with Crippen molar-refractivity contribution in [2.45, 2.75) is 5.92 Å². The van der Waals surface area contributed by atoms with Crippen molar-refractivity contribution in [2.24, 2.45) is 0 Å². The standard InChI is InChI=1S/C27H18F2NO2/c28-24-13-11-19(16-26(24)31-22-7-3-1-4-8-22)15-21(18-30)20-12-14-25(29)27(17-20)32-23-9-5-2-6-10-23/h1-17,21H. The highest BCUT2D eigenvalue weighted by Crippen LogP contribution is 2.32. The molecule has 5 heteroatoms. The second kappa shape index (κ2) is 9.76. The third-order valence-corrected chi connectivity index (χ3v) is 4.71. The van der Waals surface area contributed by atoms with E-state index < -0.39 is 17.6 Å². The van der Waals surface area contributed by atoms with Gasteiger partial charge < -0.3 is 9.47 Å². The summed E-state index contributed by atoms with van der Waals surface area (Å²) >= 11 is 0. The van der Waals surface area contributed by atoms with Crippen molar-refractivity contribution in [3.63, 3.8) is 0 Å². The summed E-state index contributed by atoms with van der Waals surface area (Å²) in [6, 6.07) is 28.5. The number of para-hydroxylation sites is 2. The molecule has 0 heterocycles. The zero-order valence-electron chi connectivity index (χ0n) is 16.9. The molecule has 0 spiro atoms. The van der Waals surface area contributed by atoms with Crippen LogP contribution in [0.4, 0.5) is 8.78 Å². The molecule has 0 amide bonds. The van der Waals surface area contributed by atoms with Crippen LogP contribution in [0.1, 0.15) is 17.0 Å². The molecule has 157 valence electrons. The van der Waals surface area contributed by atoms with Gasteiger partial charge in [0.2, 0.25) is 0 Å². The van der Waals surface area contributed by atoms with E-state index in [0.29, 0.717) is 22.6 Å². The van der Waals surface area contributed by atoms with E-state index in [1.165, 1.54) is 30.3 Å². The van der Waals surface area contributed by atoms with Gasteiger partial charge in [0, 0.05) is 6.42 Å². The van der Waals surface area contributed by atoms with E-state index >= 15 is 0 Å². The van der Waals surface area contributed by atoms with Gasteiger partial charge in [-0.1, -0.05) is 48.5 Å². The van der Waals surface area contributed by atoms with E-state index in [4.69, 9.17) is 9.47 Å². The first kappa shape index (κ1) is 21.1. The predicted molar refractivity (Wildman–Crippen MR) is 118 cm³/mol. The van der Waals surface area contributed by atoms with Crippen molar-refractivity contribution in [1.29, 1.82) is 5.26 Å². The number of halogens is 2. The fourth-order valence-electron chi connectivity index (χ4n) is 3.12. The van der Waals surface area contributed by atoms with Crippen LogP contribution in [0.25, 0.3) is 0 Å². The average molecular weight is 426 g/mol. The molecule has 0 aromatic heterocycles. The molecule has 0 fully saturated rings. The van der Waals surface area contributed by atoms with Gasteiger partial charge in [0.1, 0.15) is 11.5 Å². The van der Waals surface area contributed by atoms with Crippen molar-refractivity contribution < 1.29 is 18.3 Å². The summed E-state index contributed by atoms with van der Waals surface area (Å²) in [6.07, 6.45) is 1.66. The van der Waals surface area contributed by atoms with Crippen molar-refractivity contribution in [2.75, 3.05) is 0 Å². The quantitative estimate of drug-likeness (QED) is 0.309. The predicted octanol–water partition coefficient (Wildman–Crippen LogP) is 7.41. The Morgan fingerprint density at radius 1 is 0.688 bits per heavy atom. The molecule has 0 saturated heterocycles. The van der Waals surface area contributed by atoms with Crippen molar-refractivity contribution >= 4 is 0 Å². The van der Waals surface area contributed by atoms with Crippen molar-refractivity contribution in [1.82, 2.24) is 0 Å². The van der Waals surface area contributed by atoms with Gasteiger partial charge in [0.25, 0.3) is 0 Å². The van der Waals surface area contributed by atoms with Crippen LogP contribution < -0.4 is 9.47 Å². The molecule has 0 N–H and O–H groups in total. The van der Waals surface area contributed by atoms with Gasteiger partial charge in [-0.25, -0.2) is 8.78 Å². The number of hydrogen-bond donors (Lipinski definition) is 0. The summed E-state index contributed by atoms with van der Waals surface area (Å²) in [5.74, 6) is -0.689. The number of benzene rings is 4. The molecule has 1 atom stereocenters. The van der Waals surface area contributed by atoms with Gasteiger partial charge in [-0.3, -0.25) is 0 Å². The van der Waals surface area contributed by atoms with Crippen LogP contribution in [0, 0.1) is 29.4 Å². The summed E-state index contributed by atoms with van der Waals surface area (Å²) in [7, 11) is 0. The average Bonchev–Trinajstić information content (AvgIpc) is 2.82. The maximum absolute atomic E-state index is 14.3. The van der Waals surface area contributed by atoms with Crippen LogP contribution in [-0.4, -0.2) is 0 Å². The lowest BCUT2D eigenvalue weighted by molar-refractivity contribution is 0.441. The molecular formula is C27H18F2NO2. The summed E-state index contributed by atoms with van der Waals surface area (Å²) in [4.78, 5) is 0. The minimum atomic E-state index is -0.705. The van der Waals surface area contributed by atoms with Crippen molar-refractivity contribution in [3.8, 4) is 29.1 Å². The Morgan fingerprint density at radius 2 is 1.22 bits per heavy atom. The normalized spacial score (nSPS) is 11.4. The largest absolute Gasteiger partial charge is 0.454 e. The Bertz CT molecular complexity index is 1240. The number of hydrogen-bond acceptors (Lipinski definition) is 3. The molecule has 1 radical (unpaired) electrons. The molecule has 4 rings (SSSR count). The molecular weight excluding hydrogens is 408 g/mol. The molecule has 0 aliphatic carbocycles. The summed E-state index contributed by atoms with van der Waals surface area (Å²) in [5.41, 5.74) is 1.15. The van der Waals surface area contributed by atoms with Gasteiger partial charge in [-0.05, 0) is 59.7 Å². The third kappa shape index (κ3) is 5.11. The molecule has 3 nitrogen and oxygen atoms in total. The van der Waals surface area contributed by atoms with Gasteiger partial charge in [-0.2, -0.15) is 5.26 Å². The van der Waals surface area contributed by atoms with Crippen LogP contribution in [0.15, 0.2) is 97.1 Å². The SMILES string of the molecule is N#CC([CH]c1ccc(F)c(Oc2ccccc2)c1)c1ccc(F)c(Oc2ccccc2)c1. The molecule has 0 bridgehead atoms. The first-order valence-electron chi connectivity index (χ1n) is 9.91. The van der Waals surface area contributed by atoms with Gasteiger partial charge >= 0.3 is 0 Å². The molecule has 0 aliphatic rings. The summed E-state index contributed by atoms with van der Waals surface area (Å²) in [6.45, 7) is 0. The smallest absolute Gasteiger partial charge is 0.165 e. The Kier molecular flexibility index (Phi) is 6.43. The van der Waals surface area contributed by atoms with Gasteiger partial charge in [0.15, 0.2) is 23.1 Å². The summed E-state index contributed by atoms with van der Waals surface area (Å²) < 4.78 is 39.8. The number of nitriles is 1. The van der Waals surface area contributed by atoms with Gasteiger partial charge in [-0.15, -0.1) is 0 Å². The summed E-state index contributed by atoms with van der Waals surface area (Å²) in [5, 5.41) is 9.73. The second-order valence-corrected chi connectivity index (χ2v) is 6.98. The van der Waals surface area contributed by atoms with E-state index in [0.717, 1.165) is 0 Å². The molecule has 4 aromatic rings. The minimum absolute atomic E-state index is 0.0227. The lowest BCUT2D eigenvalue weighted by atomic mass is 9.93. The topological polar surface area (TPSA) is 42.2 Å². The second-order valence-electron chi connectivity index (χ2n) is 6.98. The maximum atomic E-state index is 14.3. The highest BCUT2D eigenvalue weighted by atomic mass is 19.1. The Labute approximate surface area is 185 Å². The van der Waals surface area contributed by atoms with E-state index in [-0.39, 0.29) is 11.5 Å². The van der Waals surface area contributed by atoms with Crippen LogP contribution in [0.5, 0.6) is 23.0 Å². The Balaban J connectivity index is 1.55. The molecule has 32 heavy (non-hydrogen) atoms. The highest BCUT2D eigenvalue weighted by Gasteiger charge is 2.17. The van der Waals surface area contributed by atoms with E-state index in [1.807, 2.05) is 12.1 Å². The van der Waals surface area contributed by atoms with Crippen molar-refractivity contribution in [3.05, 3.63) is 126 Å². The third-order valence-electron chi connectivity index (χ3n) is 4.71. The first-order chi connectivity index (χ1) is 15.6. The Morgan fingerprint density at radius 3 is 1.78 bits per heavy atom. The van der Waals surface area contributed by atoms with E-state index in [2.05, 4.69) is 6.07 Å². The molecule has 1 unspecified atom stereocenters. The molecule has 0 aliphatic heterocycles. The fourth-order valence-corrected chi connectivity index (χ4v) is 3.12. The highest BCUT2D eigenvalue weighted by molar-refractivity contribution is 5.44. The van der Waals surface area contributed by atoms with Crippen LogP contribution >= 0.6 is 0 Å². The van der Waals surface area contributed by atoms with E-state index in [9.17, 15) is 14.0 Å². The maximum Gasteiger partial charge on any atom is 0.165 e. The van der Waals surface area contributed by atoms with Crippen LogP contribution in [0.3, 0.4) is 0 Å². The fraction of sp³-hybridized carbons (Fsp3) is 0.0370. The van der Waals surface area contributed by atoms with E-state index in [1.54, 1.807) is 61.0 Å². The number of ether oxygens (including phenoxy) is 2. The van der Waals surface area contributed by atoms with Crippen LogP contribution in [0.2, 0.25) is 0 Å². The minimum Gasteiger partial charge on any atom is -0.454 e. The lowest BCUT2D eigenvalue weighted by Crippen LogP contribution is -2.01. The van der Waals surface area contributed by atoms with Gasteiger partial charge in [0.05, 0.1) is 12.0 Å². The molecule has 4 aromatic carbocycles. The monoisotopic (exact) mass is 426 g/mol. The lowest BCUT2D eigenvalue weighted by Gasteiger charge is -2.14. The zero-order valence-corrected chi connectivity index (χ0v) is 16.9. The first-order valence-corrected chi connectivity index (χ1v) is 9.91.